The zero-order valence-electron chi connectivity index (χ0n) is 12.3. The second kappa shape index (κ2) is 5.88. The summed E-state index contributed by atoms with van der Waals surface area (Å²) >= 11 is 0. The van der Waals surface area contributed by atoms with E-state index in [-0.39, 0.29) is 0 Å². The van der Waals surface area contributed by atoms with Crippen molar-refractivity contribution in [3.8, 4) is 0 Å². The molecule has 0 saturated carbocycles. The molecule has 1 aliphatic rings. The Morgan fingerprint density at radius 2 is 1.94 bits per heavy atom. The molecule has 100 valence electrons. The lowest BCUT2D eigenvalue weighted by Gasteiger charge is -2.22. The molecule has 1 aliphatic carbocycles. The molecule has 2 unspecified atom stereocenters. The van der Waals surface area contributed by atoms with Crippen molar-refractivity contribution in [3.05, 3.63) is 34.4 Å². The summed E-state index contributed by atoms with van der Waals surface area (Å²) in [6.45, 7) is 10.2. The van der Waals surface area contributed by atoms with Gasteiger partial charge in [-0.15, -0.1) is 0 Å². The molecule has 0 saturated heterocycles. The molecule has 1 aromatic rings. The first-order chi connectivity index (χ1) is 8.61. The standard InChI is InChI=1S/C17H27N/c1-5-8-18-17-9-12(2)6-7-15-10-13(3)14(4)11-16(15)17/h10-12,17-18H,5-9H2,1-4H3. The van der Waals surface area contributed by atoms with Crippen LogP contribution >= 0.6 is 0 Å². The summed E-state index contributed by atoms with van der Waals surface area (Å²) in [5.74, 6) is 0.826. The highest BCUT2D eigenvalue weighted by molar-refractivity contribution is 5.39. The molecular formula is C17H27N. The summed E-state index contributed by atoms with van der Waals surface area (Å²) in [6, 6.07) is 5.41. The molecule has 0 radical (unpaired) electrons. The van der Waals surface area contributed by atoms with Crippen LogP contribution in [0.3, 0.4) is 0 Å². The van der Waals surface area contributed by atoms with Crippen molar-refractivity contribution in [2.75, 3.05) is 6.54 Å². The Morgan fingerprint density at radius 1 is 1.22 bits per heavy atom. The second-order valence-electron chi connectivity index (χ2n) is 6.02. The predicted octanol–water partition coefficient (Wildman–Crippen LogP) is 4.32. The van der Waals surface area contributed by atoms with Crippen molar-refractivity contribution in [3.63, 3.8) is 0 Å². The second-order valence-corrected chi connectivity index (χ2v) is 6.02. The van der Waals surface area contributed by atoms with Gasteiger partial charge in [0.2, 0.25) is 0 Å². The highest BCUT2D eigenvalue weighted by Crippen LogP contribution is 2.33. The van der Waals surface area contributed by atoms with Crippen LogP contribution in [0.1, 0.15) is 61.4 Å². The van der Waals surface area contributed by atoms with E-state index in [2.05, 4.69) is 45.1 Å². The van der Waals surface area contributed by atoms with Gasteiger partial charge in [0.15, 0.2) is 0 Å². The van der Waals surface area contributed by atoms with Crippen molar-refractivity contribution in [2.45, 2.75) is 59.4 Å². The maximum Gasteiger partial charge on any atom is 0.0325 e. The van der Waals surface area contributed by atoms with Gasteiger partial charge >= 0.3 is 0 Å². The van der Waals surface area contributed by atoms with E-state index in [1.165, 1.54) is 36.8 Å². The van der Waals surface area contributed by atoms with E-state index in [1.54, 1.807) is 11.1 Å². The van der Waals surface area contributed by atoms with Crippen LogP contribution < -0.4 is 5.32 Å². The summed E-state index contributed by atoms with van der Waals surface area (Å²) < 4.78 is 0. The van der Waals surface area contributed by atoms with E-state index < -0.39 is 0 Å². The molecule has 0 aromatic heterocycles. The van der Waals surface area contributed by atoms with E-state index >= 15 is 0 Å². The molecule has 0 bridgehead atoms. The SMILES string of the molecule is CCCNC1CC(C)CCc2cc(C)c(C)cc21. The van der Waals surface area contributed by atoms with Crippen LogP contribution in [0, 0.1) is 19.8 Å². The molecule has 0 heterocycles. The number of benzene rings is 1. The Kier molecular flexibility index (Phi) is 4.45. The third kappa shape index (κ3) is 2.95. The fourth-order valence-electron chi connectivity index (χ4n) is 3.00. The van der Waals surface area contributed by atoms with Gasteiger partial charge < -0.3 is 5.32 Å². The van der Waals surface area contributed by atoms with Gasteiger partial charge in [0.05, 0.1) is 0 Å². The minimum atomic E-state index is 0.566. The van der Waals surface area contributed by atoms with Crippen LogP contribution in [0.2, 0.25) is 0 Å². The van der Waals surface area contributed by atoms with Gasteiger partial charge in [0.1, 0.15) is 0 Å². The number of hydrogen-bond donors (Lipinski definition) is 1. The molecule has 1 aromatic carbocycles. The monoisotopic (exact) mass is 245 g/mol. The Hall–Kier alpha value is -0.820. The van der Waals surface area contributed by atoms with Crippen LogP contribution in [0.5, 0.6) is 0 Å². The number of rotatable bonds is 3. The summed E-state index contributed by atoms with van der Waals surface area (Å²) in [5, 5.41) is 3.74. The molecule has 1 nitrogen and oxygen atoms in total. The Labute approximate surface area is 112 Å². The largest absolute Gasteiger partial charge is 0.310 e. The lowest BCUT2D eigenvalue weighted by molar-refractivity contribution is 0.409. The fraction of sp³-hybridized carbons (Fsp3) is 0.647. The highest BCUT2D eigenvalue weighted by atomic mass is 14.9. The Bertz CT molecular complexity index is 408. The van der Waals surface area contributed by atoms with Gasteiger partial charge in [-0.3, -0.25) is 0 Å². The predicted molar refractivity (Wildman–Crippen MR) is 79.1 cm³/mol. The summed E-state index contributed by atoms with van der Waals surface area (Å²) in [4.78, 5) is 0. The first-order valence-electron chi connectivity index (χ1n) is 7.45. The number of hydrogen-bond acceptors (Lipinski definition) is 1. The summed E-state index contributed by atoms with van der Waals surface area (Å²) in [7, 11) is 0. The molecule has 0 aliphatic heterocycles. The maximum absolute atomic E-state index is 3.74. The van der Waals surface area contributed by atoms with E-state index in [4.69, 9.17) is 0 Å². The van der Waals surface area contributed by atoms with Gasteiger partial charge in [0, 0.05) is 6.04 Å². The molecule has 18 heavy (non-hydrogen) atoms. The summed E-state index contributed by atoms with van der Waals surface area (Å²) in [6.07, 6.45) is 5.09. The van der Waals surface area contributed by atoms with E-state index in [0.29, 0.717) is 6.04 Å². The highest BCUT2D eigenvalue weighted by Gasteiger charge is 2.22. The topological polar surface area (TPSA) is 12.0 Å². The molecule has 2 rings (SSSR count). The van der Waals surface area contributed by atoms with E-state index in [9.17, 15) is 0 Å². The first-order valence-corrected chi connectivity index (χ1v) is 7.45. The van der Waals surface area contributed by atoms with Crippen LogP contribution in [0.25, 0.3) is 0 Å². The number of aryl methyl sites for hydroxylation is 3. The molecule has 0 fully saturated rings. The molecule has 0 amide bonds. The van der Waals surface area contributed by atoms with Crippen molar-refractivity contribution >= 4 is 0 Å². The van der Waals surface area contributed by atoms with Crippen molar-refractivity contribution in [1.29, 1.82) is 0 Å². The smallest absolute Gasteiger partial charge is 0.0325 e. The van der Waals surface area contributed by atoms with E-state index in [1.807, 2.05) is 0 Å². The Balaban J connectivity index is 2.33. The quantitative estimate of drug-likeness (QED) is 0.782. The van der Waals surface area contributed by atoms with Crippen molar-refractivity contribution < 1.29 is 0 Å². The zero-order valence-corrected chi connectivity index (χ0v) is 12.3. The normalized spacial score (nSPS) is 23.6. The van der Waals surface area contributed by atoms with E-state index in [0.717, 1.165) is 12.5 Å². The lowest BCUT2D eigenvalue weighted by Crippen LogP contribution is -2.23. The van der Waals surface area contributed by atoms with Crippen LogP contribution in [-0.4, -0.2) is 6.54 Å². The molecule has 0 spiro atoms. The average molecular weight is 245 g/mol. The first kappa shape index (κ1) is 13.6. The summed E-state index contributed by atoms with van der Waals surface area (Å²) in [5.41, 5.74) is 6.02. The lowest BCUT2D eigenvalue weighted by atomic mass is 9.93. The van der Waals surface area contributed by atoms with Crippen LogP contribution in [0.4, 0.5) is 0 Å². The van der Waals surface area contributed by atoms with Gasteiger partial charge in [-0.1, -0.05) is 26.0 Å². The zero-order chi connectivity index (χ0) is 13.1. The van der Waals surface area contributed by atoms with Crippen molar-refractivity contribution in [1.82, 2.24) is 5.32 Å². The molecule has 1 N–H and O–H groups in total. The van der Waals surface area contributed by atoms with Crippen LogP contribution in [-0.2, 0) is 6.42 Å². The average Bonchev–Trinajstić information content (AvgIpc) is 2.48. The maximum atomic E-state index is 3.74. The molecule has 2 atom stereocenters. The number of fused-ring (bicyclic) bond motifs is 1. The van der Waals surface area contributed by atoms with Gasteiger partial charge in [-0.05, 0) is 74.2 Å². The van der Waals surface area contributed by atoms with Crippen molar-refractivity contribution in [2.24, 2.45) is 5.92 Å². The third-order valence-electron chi connectivity index (χ3n) is 4.32. The minimum absolute atomic E-state index is 0.566. The minimum Gasteiger partial charge on any atom is -0.310 e. The number of nitrogens with one attached hydrogen (secondary N) is 1. The fourth-order valence-corrected chi connectivity index (χ4v) is 3.00. The Morgan fingerprint density at radius 3 is 2.67 bits per heavy atom. The molecular weight excluding hydrogens is 218 g/mol. The third-order valence-corrected chi connectivity index (χ3v) is 4.32. The van der Waals surface area contributed by atoms with Crippen LogP contribution in [0.15, 0.2) is 12.1 Å². The molecule has 1 heteroatoms. The van der Waals surface area contributed by atoms with Gasteiger partial charge in [-0.2, -0.15) is 0 Å². The van der Waals surface area contributed by atoms with Gasteiger partial charge in [-0.25, -0.2) is 0 Å². The van der Waals surface area contributed by atoms with Gasteiger partial charge in [0.25, 0.3) is 0 Å².